The van der Waals surface area contributed by atoms with E-state index in [-0.39, 0.29) is 13.0 Å². The second-order valence-corrected chi connectivity index (χ2v) is 4.03. The summed E-state index contributed by atoms with van der Waals surface area (Å²) in [6.07, 6.45) is 0.520. The summed E-state index contributed by atoms with van der Waals surface area (Å²) in [5.74, 6) is -1.69. The maximum absolute atomic E-state index is 11.7. The van der Waals surface area contributed by atoms with Crippen LogP contribution in [0, 0.1) is 0 Å². The largest absolute Gasteiger partial charge is 0.480 e. The van der Waals surface area contributed by atoms with E-state index in [1.165, 1.54) is 0 Å². The van der Waals surface area contributed by atoms with Gasteiger partial charge in [-0.2, -0.15) is 0 Å². The molecule has 0 unspecified atom stereocenters. The molecule has 1 aromatic heterocycles. The molecule has 0 aliphatic rings. The van der Waals surface area contributed by atoms with Gasteiger partial charge in [0.1, 0.15) is 10.9 Å². The average Bonchev–Trinajstić information content (AvgIpc) is 2.76. The van der Waals surface area contributed by atoms with Gasteiger partial charge in [0, 0.05) is 13.0 Å². The molecular formula is C9H13N3O4S. The first-order valence-electron chi connectivity index (χ1n) is 5.05. The Balaban J connectivity index is 2.73. The van der Waals surface area contributed by atoms with Crippen LogP contribution in [-0.2, 0) is 11.2 Å². The van der Waals surface area contributed by atoms with Gasteiger partial charge in [0.2, 0.25) is 0 Å². The molecule has 1 aromatic rings. The molecule has 7 nitrogen and oxygen atoms in total. The van der Waals surface area contributed by atoms with Gasteiger partial charge >= 0.3 is 5.97 Å². The number of aryl methyl sites for hydroxylation is 1. The minimum Gasteiger partial charge on any atom is -0.480 e. The van der Waals surface area contributed by atoms with Crippen LogP contribution < -0.4 is 5.32 Å². The first-order chi connectivity index (χ1) is 8.10. The van der Waals surface area contributed by atoms with Crippen molar-refractivity contribution in [3.05, 3.63) is 10.6 Å². The number of aromatic nitrogens is 2. The van der Waals surface area contributed by atoms with Gasteiger partial charge in [-0.1, -0.05) is 11.4 Å². The van der Waals surface area contributed by atoms with Crippen LogP contribution in [0.15, 0.2) is 0 Å². The van der Waals surface area contributed by atoms with Gasteiger partial charge in [0.25, 0.3) is 5.91 Å². The molecule has 1 amide bonds. The van der Waals surface area contributed by atoms with Gasteiger partial charge < -0.3 is 15.5 Å². The smallest absolute Gasteiger partial charge is 0.326 e. The predicted molar refractivity (Wildman–Crippen MR) is 59.9 cm³/mol. The number of aliphatic carboxylic acids is 1. The van der Waals surface area contributed by atoms with Crippen molar-refractivity contribution in [1.82, 2.24) is 14.9 Å². The lowest BCUT2D eigenvalue weighted by molar-refractivity contribution is -0.139. The molecule has 0 aromatic carbocycles. The SMILES string of the molecule is CCc1nnsc1C(=O)N[C@@H](CCO)C(=O)O. The van der Waals surface area contributed by atoms with Crippen LogP contribution in [0.1, 0.15) is 28.7 Å². The third-order valence-corrected chi connectivity index (χ3v) is 2.88. The fourth-order valence-electron chi connectivity index (χ4n) is 1.22. The fraction of sp³-hybridized carbons (Fsp3) is 0.556. The molecule has 8 heteroatoms. The number of rotatable bonds is 6. The van der Waals surface area contributed by atoms with E-state index in [0.717, 1.165) is 11.5 Å². The highest BCUT2D eigenvalue weighted by molar-refractivity contribution is 7.08. The summed E-state index contributed by atoms with van der Waals surface area (Å²) in [5, 5.41) is 23.6. The van der Waals surface area contributed by atoms with E-state index in [4.69, 9.17) is 10.2 Å². The minimum atomic E-state index is -1.18. The number of aliphatic hydroxyl groups excluding tert-OH is 1. The molecule has 0 saturated heterocycles. The van der Waals surface area contributed by atoms with E-state index in [1.807, 2.05) is 6.92 Å². The van der Waals surface area contributed by atoms with Crippen molar-refractivity contribution in [2.24, 2.45) is 0 Å². The van der Waals surface area contributed by atoms with Crippen molar-refractivity contribution in [1.29, 1.82) is 0 Å². The van der Waals surface area contributed by atoms with Gasteiger partial charge in [-0.05, 0) is 18.0 Å². The number of carbonyl (C=O) groups excluding carboxylic acids is 1. The molecule has 1 rings (SSSR count). The molecule has 3 N–H and O–H groups in total. The van der Waals surface area contributed by atoms with Gasteiger partial charge in [0.15, 0.2) is 0 Å². The number of carboxylic acids is 1. The Morgan fingerprint density at radius 2 is 2.24 bits per heavy atom. The zero-order valence-corrected chi connectivity index (χ0v) is 10.0. The maximum Gasteiger partial charge on any atom is 0.326 e. The van der Waals surface area contributed by atoms with Crippen molar-refractivity contribution in [2.45, 2.75) is 25.8 Å². The second-order valence-electron chi connectivity index (χ2n) is 3.28. The van der Waals surface area contributed by atoms with Gasteiger partial charge in [-0.3, -0.25) is 4.79 Å². The van der Waals surface area contributed by atoms with E-state index in [9.17, 15) is 9.59 Å². The molecule has 1 heterocycles. The first-order valence-corrected chi connectivity index (χ1v) is 5.83. The Bertz CT molecular complexity index is 407. The van der Waals surface area contributed by atoms with Crippen LogP contribution in [0.3, 0.4) is 0 Å². The summed E-state index contributed by atoms with van der Waals surface area (Å²) in [5.41, 5.74) is 0.542. The lowest BCUT2D eigenvalue weighted by Gasteiger charge is -2.12. The molecule has 0 bridgehead atoms. The molecule has 94 valence electrons. The number of hydrogen-bond donors (Lipinski definition) is 3. The Morgan fingerprint density at radius 3 is 2.76 bits per heavy atom. The second kappa shape index (κ2) is 6.26. The lowest BCUT2D eigenvalue weighted by atomic mass is 10.2. The molecule has 0 aliphatic heterocycles. The van der Waals surface area contributed by atoms with Crippen LogP contribution in [0.2, 0.25) is 0 Å². The molecule has 0 fully saturated rings. The van der Waals surface area contributed by atoms with E-state index in [2.05, 4.69) is 14.9 Å². The Labute approximate surface area is 102 Å². The predicted octanol–water partition coefficient (Wildman–Crippen LogP) is -0.334. The van der Waals surface area contributed by atoms with Crippen molar-refractivity contribution in [3.8, 4) is 0 Å². The van der Waals surface area contributed by atoms with E-state index >= 15 is 0 Å². The fourth-order valence-corrected chi connectivity index (χ4v) is 1.88. The zero-order valence-electron chi connectivity index (χ0n) is 9.21. The lowest BCUT2D eigenvalue weighted by Crippen LogP contribution is -2.41. The van der Waals surface area contributed by atoms with Crippen LogP contribution in [-0.4, -0.2) is 44.3 Å². The van der Waals surface area contributed by atoms with Gasteiger partial charge in [-0.15, -0.1) is 5.10 Å². The zero-order chi connectivity index (χ0) is 12.8. The van der Waals surface area contributed by atoms with E-state index in [1.54, 1.807) is 0 Å². The summed E-state index contributed by atoms with van der Waals surface area (Å²) in [7, 11) is 0. The Morgan fingerprint density at radius 1 is 1.53 bits per heavy atom. The number of amides is 1. The topological polar surface area (TPSA) is 112 Å². The number of nitrogens with one attached hydrogen (secondary N) is 1. The van der Waals surface area contributed by atoms with Crippen molar-refractivity contribution in [2.75, 3.05) is 6.61 Å². The summed E-state index contributed by atoms with van der Waals surface area (Å²) in [6.45, 7) is 1.52. The summed E-state index contributed by atoms with van der Waals surface area (Å²) in [6, 6.07) is -1.10. The van der Waals surface area contributed by atoms with Crippen LogP contribution in [0.4, 0.5) is 0 Å². The normalized spacial score (nSPS) is 12.1. The van der Waals surface area contributed by atoms with Crippen LogP contribution in [0.25, 0.3) is 0 Å². The van der Waals surface area contributed by atoms with Crippen LogP contribution >= 0.6 is 11.5 Å². The van der Waals surface area contributed by atoms with Crippen LogP contribution in [0.5, 0.6) is 0 Å². The van der Waals surface area contributed by atoms with E-state index < -0.39 is 17.9 Å². The highest BCUT2D eigenvalue weighted by Gasteiger charge is 2.22. The van der Waals surface area contributed by atoms with Gasteiger partial charge in [0.05, 0.1) is 5.69 Å². The number of aliphatic hydroxyl groups is 1. The number of carbonyl (C=O) groups is 2. The number of hydrogen-bond acceptors (Lipinski definition) is 6. The molecule has 0 saturated carbocycles. The molecular weight excluding hydrogens is 246 g/mol. The average molecular weight is 259 g/mol. The van der Waals surface area contributed by atoms with Crippen molar-refractivity contribution in [3.63, 3.8) is 0 Å². The molecule has 1 atom stereocenters. The number of carboxylic acid groups (broad SMARTS) is 1. The minimum absolute atomic E-state index is 0.0330. The quantitative estimate of drug-likeness (QED) is 0.644. The summed E-state index contributed by atoms with van der Waals surface area (Å²) < 4.78 is 3.65. The van der Waals surface area contributed by atoms with Crippen molar-refractivity contribution < 1.29 is 19.8 Å². The van der Waals surface area contributed by atoms with E-state index in [0.29, 0.717) is 17.0 Å². The molecule has 0 spiro atoms. The maximum atomic E-state index is 11.7. The third-order valence-electron chi connectivity index (χ3n) is 2.12. The Kier molecular flexibility index (Phi) is 4.98. The molecule has 17 heavy (non-hydrogen) atoms. The third kappa shape index (κ3) is 3.46. The van der Waals surface area contributed by atoms with Gasteiger partial charge in [-0.25, -0.2) is 4.79 Å². The first kappa shape index (κ1) is 13.5. The highest BCUT2D eigenvalue weighted by atomic mass is 32.1. The summed E-state index contributed by atoms with van der Waals surface area (Å²) in [4.78, 5) is 22.9. The number of nitrogens with zero attached hydrogens (tertiary/aromatic N) is 2. The Hall–Kier alpha value is -1.54. The summed E-state index contributed by atoms with van der Waals surface area (Å²) >= 11 is 0.925. The molecule has 0 aliphatic carbocycles. The molecule has 0 radical (unpaired) electrons. The monoisotopic (exact) mass is 259 g/mol. The highest BCUT2D eigenvalue weighted by Crippen LogP contribution is 2.11. The standard InChI is InChI=1S/C9H13N3O4S/c1-2-5-7(17-12-11-5)8(14)10-6(3-4-13)9(15)16/h6,13H,2-4H2,1H3,(H,10,14)(H,15,16)/t6-/m0/s1. The van der Waals surface area contributed by atoms with Crippen molar-refractivity contribution >= 4 is 23.4 Å².